The van der Waals surface area contributed by atoms with Crippen molar-refractivity contribution >= 4 is 12.1 Å². The second-order valence-corrected chi connectivity index (χ2v) is 6.71. The Labute approximate surface area is 126 Å². The Kier molecular flexibility index (Phi) is 6.45. The molecule has 6 heteroatoms. The Morgan fingerprint density at radius 2 is 2.10 bits per heavy atom. The average Bonchev–Trinajstić information content (AvgIpc) is 2.80. The highest BCUT2D eigenvalue weighted by Gasteiger charge is 2.32. The van der Waals surface area contributed by atoms with Crippen LogP contribution in [-0.4, -0.2) is 52.8 Å². The van der Waals surface area contributed by atoms with E-state index in [1.165, 1.54) is 0 Å². The molecule has 21 heavy (non-hydrogen) atoms. The van der Waals surface area contributed by atoms with Gasteiger partial charge in [-0.05, 0) is 47.0 Å². The van der Waals surface area contributed by atoms with Gasteiger partial charge in [0.25, 0.3) is 0 Å². The normalized spacial score (nSPS) is 20.4. The van der Waals surface area contributed by atoms with Gasteiger partial charge in [-0.1, -0.05) is 0 Å². The summed E-state index contributed by atoms with van der Waals surface area (Å²) in [5.74, 6) is -0.778. The summed E-state index contributed by atoms with van der Waals surface area (Å²) in [5.41, 5.74) is -0.480. The van der Waals surface area contributed by atoms with Gasteiger partial charge in [-0.2, -0.15) is 0 Å². The number of aliphatic carboxylic acids is 1. The molecule has 1 amide bonds. The molecule has 1 heterocycles. The summed E-state index contributed by atoms with van der Waals surface area (Å²) in [7, 11) is 0. The van der Waals surface area contributed by atoms with Crippen molar-refractivity contribution in [2.45, 2.75) is 71.1 Å². The standard InChI is InChI=1S/C15H28N2O4/c1-11(7-8-13(18)19)16-10-12-6-5-9-17(12)14(20)21-15(2,3)4/h11-12,16H,5-10H2,1-4H3,(H,18,19). The van der Waals surface area contributed by atoms with Gasteiger partial charge in [0, 0.05) is 31.6 Å². The van der Waals surface area contributed by atoms with Crippen molar-refractivity contribution in [1.82, 2.24) is 10.2 Å². The topological polar surface area (TPSA) is 78.9 Å². The van der Waals surface area contributed by atoms with Crippen molar-refractivity contribution in [3.05, 3.63) is 0 Å². The fourth-order valence-electron chi connectivity index (χ4n) is 2.39. The number of amides is 1. The predicted molar refractivity (Wildman–Crippen MR) is 80.3 cm³/mol. The van der Waals surface area contributed by atoms with E-state index in [-0.39, 0.29) is 24.6 Å². The van der Waals surface area contributed by atoms with E-state index in [0.29, 0.717) is 13.0 Å². The first-order valence-corrected chi connectivity index (χ1v) is 7.64. The zero-order valence-electron chi connectivity index (χ0n) is 13.5. The highest BCUT2D eigenvalue weighted by Crippen LogP contribution is 2.20. The number of nitrogens with zero attached hydrogens (tertiary/aromatic N) is 1. The summed E-state index contributed by atoms with van der Waals surface area (Å²) in [6.45, 7) is 8.97. The van der Waals surface area contributed by atoms with E-state index in [0.717, 1.165) is 19.4 Å². The molecule has 1 aliphatic heterocycles. The Hall–Kier alpha value is -1.30. The molecule has 0 aromatic heterocycles. The lowest BCUT2D eigenvalue weighted by Crippen LogP contribution is -2.45. The van der Waals surface area contributed by atoms with E-state index in [9.17, 15) is 9.59 Å². The Balaban J connectivity index is 2.39. The molecule has 1 rings (SSSR count). The monoisotopic (exact) mass is 300 g/mol. The SMILES string of the molecule is CC(CCC(=O)O)NCC1CCCN1C(=O)OC(C)(C)C. The molecule has 2 unspecified atom stereocenters. The molecule has 2 N–H and O–H groups in total. The van der Waals surface area contributed by atoms with Crippen LogP contribution < -0.4 is 5.32 Å². The zero-order chi connectivity index (χ0) is 16.0. The Morgan fingerprint density at radius 1 is 1.43 bits per heavy atom. The van der Waals surface area contributed by atoms with Gasteiger partial charge in [0.1, 0.15) is 5.60 Å². The maximum Gasteiger partial charge on any atom is 0.410 e. The van der Waals surface area contributed by atoms with Crippen molar-refractivity contribution in [3.63, 3.8) is 0 Å². The molecule has 1 aliphatic rings. The number of carbonyl (C=O) groups is 2. The minimum atomic E-state index is -0.778. The van der Waals surface area contributed by atoms with Crippen LogP contribution in [0.25, 0.3) is 0 Å². The van der Waals surface area contributed by atoms with E-state index in [2.05, 4.69) is 5.32 Å². The average molecular weight is 300 g/mol. The van der Waals surface area contributed by atoms with Crippen LogP contribution in [0.4, 0.5) is 4.79 Å². The summed E-state index contributed by atoms with van der Waals surface area (Å²) < 4.78 is 5.42. The van der Waals surface area contributed by atoms with Gasteiger partial charge in [-0.25, -0.2) is 4.79 Å². The van der Waals surface area contributed by atoms with E-state index >= 15 is 0 Å². The lowest BCUT2D eigenvalue weighted by Gasteiger charge is -2.29. The summed E-state index contributed by atoms with van der Waals surface area (Å²) in [4.78, 5) is 24.5. The molecule has 1 saturated heterocycles. The number of likely N-dealkylation sites (tertiary alicyclic amines) is 1. The smallest absolute Gasteiger partial charge is 0.410 e. The fraction of sp³-hybridized carbons (Fsp3) is 0.867. The Bertz CT molecular complexity index is 365. The molecule has 0 aromatic carbocycles. The minimum Gasteiger partial charge on any atom is -0.481 e. The highest BCUT2D eigenvalue weighted by atomic mass is 16.6. The van der Waals surface area contributed by atoms with Crippen molar-refractivity contribution in [1.29, 1.82) is 0 Å². The maximum absolute atomic E-state index is 12.1. The fourth-order valence-corrected chi connectivity index (χ4v) is 2.39. The predicted octanol–water partition coefficient (Wildman–Crippen LogP) is 2.23. The number of nitrogens with one attached hydrogen (secondary N) is 1. The second kappa shape index (κ2) is 7.64. The number of rotatable bonds is 6. The molecule has 0 aromatic rings. The highest BCUT2D eigenvalue weighted by molar-refractivity contribution is 5.69. The van der Waals surface area contributed by atoms with Crippen LogP contribution in [0.3, 0.4) is 0 Å². The lowest BCUT2D eigenvalue weighted by molar-refractivity contribution is -0.137. The van der Waals surface area contributed by atoms with Gasteiger partial charge < -0.3 is 20.1 Å². The third-order valence-corrected chi connectivity index (χ3v) is 3.50. The molecule has 0 spiro atoms. The van der Waals surface area contributed by atoms with Crippen molar-refractivity contribution in [2.75, 3.05) is 13.1 Å². The van der Waals surface area contributed by atoms with Crippen LogP contribution in [0.5, 0.6) is 0 Å². The minimum absolute atomic E-state index is 0.127. The Morgan fingerprint density at radius 3 is 2.67 bits per heavy atom. The maximum atomic E-state index is 12.1. The molecule has 2 atom stereocenters. The quantitative estimate of drug-likeness (QED) is 0.786. The molecule has 1 fully saturated rings. The molecule has 122 valence electrons. The number of hydrogen-bond donors (Lipinski definition) is 2. The van der Waals surface area contributed by atoms with Gasteiger partial charge in [-0.15, -0.1) is 0 Å². The summed E-state index contributed by atoms with van der Waals surface area (Å²) in [6, 6.07) is 0.259. The van der Waals surface area contributed by atoms with Crippen LogP contribution in [0, 0.1) is 0 Å². The van der Waals surface area contributed by atoms with Crippen LogP contribution in [-0.2, 0) is 9.53 Å². The first-order valence-electron chi connectivity index (χ1n) is 7.64. The van der Waals surface area contributed by atoms with E-state index in [1.807, 2.05) is 27.7 Å². The molecule has 6 nitrogen and oxygen atoms in total. The van der Waals surface area contributed by atoms with Gasteiger partial charge >= 0.3 is 12.1 Å². The van der Waals surface area contributed by atoms with Crippen LogP contribution in [0.1, 0.15) is 53.4 Å². The van der Waals surface area contributed by atoms with Crippen LogP contribution in [0.2, 0.25) is 0 Å². The third kappa shape index (κ3) is 6.80. The summed E-state index contributed by atoms with van der Waals surface area (Å²) in [6.07, 6.45) is 2.43. The number of carboxylic acids is 1. The van der Waals surface area contributed by atoms with Gasteiger partial charge in [0.2, 0.25) is 0 Å². The van der Waals surface area contributed by atoms with E-state index < -0.39 is 11.6 Å². The van der Waals surface area contributed by atoms with Crippen molar-refractivity contribution in [3.8, 4) is 0 Å². The van der Waals surface area contributed by atoms with E-state index in [4.69, 9.17) is 9.84 Å². The van der Waals surface area contributed by atoms with E-state index in [1.54, 1.807) is 4.90 Å². The third-order valence-electron chi connectivity index (χ3n) is 3.50. The first kappa shape index (κ1) is 17.8. The largest absolute Gasteiger partial charge is 0.481 e. The number of carboxylic acid groups (broad SMARTS) is 1. The molecule has 0 bridgehead atoms. The van der Waals surface area contributed by atoms with Gasteiger partial charge in [-0.3, -0.25) is 4.79 Å². The van der Waals surface area contributed by atoms with Gasteiger partial charge in [0.05, 0.1) is 0 Å². The molecule has 0 saturated carbocycles. The number of hydrogen-bond acceptors (Lipinski definition) is 4. The summed E-state index contributed by atoms with van der Waals surface area (Å²) in [5, 5.41) is 12.0. The lowest BCUT2D eigenvalue weighted by atomic mass is 10.1. The second-order valence-electron chi connectivity index (χ2n) is 6.71. The van der Waals surface area contributed by atoms with Crippen LogP contribution in [0.15, 0.2) is 0 Å². The number of carbonyl (C=O) groups excluding carboxylic acids is 1. The van der Waals surface area contributed by atoms with Gasteiger partial charge in [0.15, 0.2) is 0 Å². The van der Waals surface area contributed by atoms with Crippen molar-refractivity contribution in [2.24, 2.45) is 0 Å². The van der Waals surface area contributed by atoms with Crippen LogP contribution >= 0.6 is 0 Å². The number of ether oxygens (including phenoxy) is 1. The first-order chi connectivity index (χ1) is 9.69. The summed E-state index contributed by atoms with van der Waals surface area (Å²) >= 11 is 0. The molecular formula is C15H28N2O4. The molecule has 0 radical (unpaired) electrons. The molecular weight excluding hydrogens is 272 g/mol. The zero-order valence-corrected chi connectivity index (χ0v) is 13.5. The molecule has 0 aliphatic carbocycles. The van der Waals surface area contributed by atoms with Crippen molar-refractivity contribution < 1.29 is 19.4 Å².